The van der Waals surface area contributed by atoms with Crippen LogP contribution in [0.15, 0.2) is 0 Å². The second-order valence-corrected chi connectivity index (χ2v) is 10.6. The summed E-state index contributed by atoms with van der Waals surface area (Å²) in [6, 6.07) is -3.41. The monoisotopic (exact) mass is 564 g/mol. The van der Waals surface area contributed by atoms with E-state index in [9.17, 15) is 45.0 Å². The zero-order valence-corrected chi connectivity index (χ0v) is 20.5. The van der Waals surface area contributed by atoms with Crippen LogP contribution >= 0.6 is 7.82 Å². The molecule has 1 saturated carbocycles. The zero-order chi connectivity index (χ0) is 27.8. The highest BCUT2D eigenvalue weighted by atomic mass is 31.2. The maximum atomic E-state index is 11.5. The first-order valence-corrected chi connectivity index (χ1v) is 13.1. The Labute approximate surface area is 211 Å². The molecule has 2 aliphatic heterocycles. The normalized spacial score (nSPS) is 49.7. The van der Waals surface area contributed by atoms with Gasteiger partial charge in [-0.3, -0.25) is 4.52 Å². The third-order valence-corrected chi connectivity index (χ3v) is 7.23. The fraction of sp³-hybridized carbons (Fsp3) is 1.00. The van der Waals surface area contributed by atoms with E-state index in [2.05, 4.69) is 4.52 Å². The minimum Gasteiger partial charge on any atom is -0.394 e. The number of hydrogen-bond donors (Lipinski definition) is 12. The first-order valence-electron chi connectivity index (χ1n) is 11.5. The average Bonchev–Trinajstić information content (AvgIpc) is 2.82. The Bertz CT molecular complexity index is 796. The van der Waals surface area contributed by atoms with Gasteiger partial charge >= 0.3 is 7.82 Å². The van der Waals surface area contributed by atoms with E-state index in [1.165, 1.54) is 0 Å². The summed E-state index contributed by atoms with van der Waals surface area (Å²) in [7, 11) is -5.17. The molecule has 0 unspecified atom stereocenters. The number of ether oxygens (including phenoxy) is 4. The Morgan fingerprint density at radius 1 is 0.757 bits per heavy atom. The molecule has 16 N–H and O–H groups in total. The molecule has 0 aromatic carbocycles. The quantitative estimate of drug-likeness (QED) is 0.122. The lowest BCUT2D eigenvalue weighted by Crippen LogP contribution is -2.68. The lowest BCUT2D eigenvalue weighted by Gasteiger charge is -2.48. The number of nitrogens with two attached hydrogens (primary N) is 4. The average molecular weight is 564 g/mol. The second kappa shape index (κ2) is 12.4. The molecule has 0 amide bonds. The smallest absolute Gasteiger partial charge is 0.394 e. The minimum absolute atomic E-state index is 0.0322. The van der Waals surface area contributed by atoms with Crippen molar-refractivity contribution in [2.45, 2.75) is 98.2 Å². The van der Waals surface area contributed by atoms with Crippen LogP contribution in [-0.2, 0) is 28.0 Å². The molecule has 2 saturated heterocycles. The summed E-state index contributed by atoms with van der Waals surface area (Å²) >= 11 is 0. The van der Waals surface area contributed by atoms with Gasteiger partial charge in [-0.15, -0.1) is 0 Å². The molecule has 0 aromatic heterocycles. The minimum atomic E-state index is -5.17. The lowest BCUT2D eigenvalue weighted by atomic mass is 9.84. The number of aliphatic hydroxyl groups excluding tert-OH is 6. The van der Waals surface area contributed by atoms with Crippen molar-refractivity contribution in [1.29, 1.82) is 0 Å². The summed E-state index contributed by atoms with van der Waals surface area (Å²) in [6.07, 6.45) is -18.4. The number of hydrogen-bond acceptors (Lipinski definition) is 16. The Kier molecular flexibility index (Phi) is 10.4. The van der Waals surface area contributed by atoms with E-state index in [0.29, 0.717) is 0 Å². The van der Waals surface area contributed by atoms with Crippen LogP contribution < -0.4 is 22.9 Å². The zero-order valence-electron chi connectivity index (χ0n) is 19.6. The maximum Gasteiger partial charge on any atom is 0.470 e. The van der Waals surface area contributed by atoms with Gasteiger partial charge in [0.2, 0.25) is 0 Å². The molecular formula is C18H37N4O14P. The molecule has 2 heterocycles. The molecule has 18 nitrogen and oxygen atoms in total. The van der Waals surface area contributed by atoms with Gasteiger partial charge in [0.15, 0.2) is 12.6 Å². The fourth-order valence-corrected chi connectivity index (χ4v) is 5.22. The van der Waals surface area contributed by atoms with Gasteiger partial charge in [0.05, 0.1) is 12.6 Å². The topological polar surface area (TPSA) is 329 Å². The highest BCUT2D eigenvalue weighted by Gasteiger charge is 2.53. The third kappa shape index (κ3) is 6.83. The van der Waals surface area contributed by atoms with Crippen molar-refractivity contribution in [3.05, 3.63) is 0 Å². The van der Waals surface area contributed by atoms with Crippen LogP contribution in [0.4, 0.5) is 0 Å². The van der Waals surface area contributed by atoms with Crippen molar-refractivity contribution < 1.29 is 68.5 Å². The van der Waals surface area contributed by atoms with Crippen LogP contribution in [0.3, 0.4) is 0 Å². The summed E-state index contributed by atoms with van der Waals surface area (Å²) in [5.74, 6) is 0. The molecule has 15 atom stereocenters. The third-order valence-electron chi connectivity index (χ3n) is 6.72. The SMILES string of the molecule is NC[C@H]1O[C@H](O[C@H]2[C@H](O)[C@@H](O[C@H]3O[C@H](CO)[C@@H](O)[C@H](N)[C@H]3OP(=O)(O)O)[C@H](N)C[C@@H]2N)[C@H](O)[C@@H](O)[C@@H]1O. The van der Waals surface area contributed by atoms with Crippen LogP contribution in [0.1, 0.15) is 6.42 Å². The Morgan fingerprint density at radius 2 is 1.30 bits per heavy atom. The Hall–Kier alpha value is -0.450. The lowest BCUT2D eigenvalue weighted by molar-refractivity contribution is -0.331. The largest absolute Gasteiger partial charge is 0.470 e. The summed E-state index contributed by atoms with van der Waals surface area (Å²) < 4.78 is 38.4. The molecule has 218 valence electrons. The van der Waals surface area contributed by atoms with E-state index < -0.39 is 106 Å². The van der Waals surface area contributed by atoms with Crippen molar-refractivity contribution in [2.24, 2.45) is 22.9 Å². The van der Waals surface area contributed by atoms with Gasteiger partial charge in [-0.05, 0) is 6.42 Å². The first kappa shape index (κ1) is 31.1. The van der Waals surface area contributed by atoms with Gasteiger partial charge in [0, 0.05) is 18.6 Å². The van der Waals surface area contributed by atoms with Crippen LogP contribution in [0, 0.1) is 0 Å². The van der Waals surface area contributed by atoms with E-state index in [0.717, 1.165) is 0 Å². The van der Waals surface area contributed by atoms with Gasteiger partial charge in [-0.2, -0.15) is 0 Å². The summed E-state index contributed by atoms with van der Waals surface area (Å²) in [5, 5.41) is 61.1. The first-order chi connectivity index (χ1) is 17.2. The maximum absolute atomic E-state index is 11.5. The molecular weight excluding hydrogens is 527 g/mol. The van der Waals surface area contributed by atoms with Gasteiger partial charge < -0.3 is 82.3 Å². The van der Waals surface area contributed by atoms with Crippen LogP contribution in [0.25, 0.3) is 0 Å². The summed E-state index contributed by atoms with van der Waals surface area (Å²) in [5.41, 5.74) is 23.6. The van der Waals surface area contributed by atoms with Crippen molar-refractivity contribution in [1.82, 2.24) is 0 Å². The van der Waals surface area contributed by atoms with E-state index in [1.807, 2.05) is 0 Å². The highest BCUT2D eigenvalue weighted by Crippen LogP contribution is 2.42. The summed E-state index contributed by atoms with van der Waals surface area (Å²) in [6.45, 7) is -0.959. The molecule has 3 aliphatic rings. The highest BCUT2D eigenvalue weighted by molar-refractivity contribution is 7.46. The molecule has 0 aromatic rings. The Morgan fingerprint density at radius 3 is 1.81 bits per heavy atom. The van der Waals surface area contributed by atoms with Gasteiger partial charge in [0.25, 0.3) is 0 Å². The number of phosphoric ester groups is 1. The molecule has 1 aliphatic carbocycles. The molecule has 0 radical (unpaired) electrons. The molecule has 3 fully saturated rings. The van der Waals surface area contributed by atoms with Crippen LogP contribution in [0.5, 0.6) is 0 Å². The van der Waals surface area contributed by atoms with Crippen LogP contribution in [-0.4, -0.2) is 145 Å². The van der Waals surface area contributed by atoms with Gasteiger partial charge in [-0.25, -0.2) is 4.57 Å². The van der Waals surface area contributed by atoms with Crippen molar-refractivity contribution in [3.8, 4) is 0 Å². The molecule has 37 heavy (non-hydrogen) atoms. The predicted octanol–water partition coefficient (Wildman–Crippen LogP) is -7.17. The number of rotatable bonds is 8. The van der Waals surface area contributed by atoms with E-state index in [-0.39, 0.29) is 13.0 Å². The second-order valence-electron chi connectivity index (χ2n) is 9.36. The number of phosphoric acid groups is 1. The standard InChI is InChI=1S/C18H37N4O14P/c19-2-6-10(25)11(26)12(27)17(32-6)34-14-4(20)1-5(21)15(13(14)28)35-18-16(36-37(29,30)31)8(22)9(24)7(3-23)33-18/h4-18,23-28H,1-3,19-22H2,(H2,29,30,31)/t4-,5+,6+,7+,8-,9+,10+,11-,12+,13-,14+,15-,16+,17+,18+/m0/s1. The van der Waals surface area contributed by atoms with Crippen molar-refractivity contribution >= 4 is 7.82 Å². The van der Waals surface area contributed by atoms with Crippen molar-refractivity contribution in [2.75, 3.05) is 13.2 Å². The van der Waals surface area contributed by atoms with Crippen molar-refractivity contribution in [3.63, 3.8) is 0 Å². The van der Waals surface area contributed by atoms with Gasteiger partial charge in [-0.1, -0.05) is 0 Å². The van der Waals surface area contributed by atoms with E-state index in [4.69, 9.17) is 41.9 Å². The predicted molar refractivity (Wildman–Crippen MR) is 119 cm³/mol. The van der Waals surface area contributed by atoms with E-state index in [1.54, 1.807) is 0 Å². The van der Waals surface area contributed by atoms with Crippen LogP contribution in [0.2, 0.25) is 0 Å². The molecule has 0 bridgehead atoms. The molecule has 19 heteroatoms. The Balaban J connectivity index is 1.80. The fourth-order valence-electron chi connectivity index (χ4n) is 4.67. The number of aliphatic hydroxyl groups is 6. The summed E-state index contributed by atoms with van der Waals surface area (Å²) in [4.78, 5) is 18.6. The van der Waals surface area contributed by atoms with Gasteiger partial charge in [0.1, 0.15) is 61.0 Å². The molecule has 0 spiro atoms. The molecule has 3 rings (SSSR count). The van der Waals surface area contributed by atoms with E-state index >= 15 is 0 Å².